The third-order valence-corrected chi connectivity index (χ3v) is 7.05. The van der Waals surface area contributed by atoms with Gasteiger partial charge in [-0.15, -0.1) is 0 Å². The summed E-state index contributed by atoms with van der Waals surface area (Å²) in [4.78, 5) is 12.8. The number of rotatable bonds is 3. The summed E-state index contributed by atoms with van der Waals surface area (Å²) >= 11 is 0. The number of hydrogen-bond donors (Lipinski definition) is 0. The number of fused-ring (bicyclic) bond motifs is 3. The summed E-state index contributed by atoms with van der Waals surface area (Å²) in [5, 5.41) is 0. The van der Waals surface area contributed by atoms with Crippen molar-refractivity contribution in [1.82, 2.24) is 19.4 Å². The normalized spacial score (nSPS) is 22.9. The standard InChI is InChI=1S/C22H33N5/c1-17(2)24-10-12-26(13-11-24)19-6-7-21-20(16-19)23-22-8-9-25(14-15-27(21)22)18-4-3-5-18/h6-7,16-18H,3-5,8-15H2,1-2H3. The zero-order chi connectivity index (χ0) is 18.4. The second kappa shape index (κ2) is 7.10. The van der Waals surface area contributed by atoms with Crippen LogP contribution in [0.4, 0.5) is 5.69 Å². The van der Waals surface area contributed by atoms with Crippen LogP contribution in [0.2, 0.25) is 0 Å². The van der Waals surface area contributed by atoms with E-state index in [1.807, 2.05) is 0 Å². The number of aromatic nitrogens is 2. The molecule has 1 saturated heterocycles. The zero-order valence-electron chi connectivity index (χ0n) is 16.9. The van der Waals surface area contributed by atoms with Crippen LogP contribution in [0.25, 0.3) is 11.0 Å². The highest BCUT2D eigenvalue weighted by Crippen LogP contribution is 2.29. The minimum atomic E-state index is 0.651. The van der Waals surface area contributed by atoms with Crippen molar-refractivity contribution in [2.45, 2.75) is 58.2 Å². The molecule has 1 aromatic heterocycles. The molecule has 5 nitrogen and oxygen atoms in total. The highest BCUT2D eigenvalue weighted by Gasteiger charge is 2.27. The van der Waals surface area contributed by atoms with Crippen LogP contribution in [0, 0.1) is 0 Å². The summed E-state index contributed by atoms with van der Waals surface area (Å²) in [6.07, 6.45) is 5.31. The number of imidazole rings is 1. The lowest BCUT2D eigenvalue weighted by Gasteiger charge is -2.38. The maximum atomic E-state index is 5.05. The number of nitrogens with zero attached hydrogens (tertiary/aromatic N) is 5. The van der Waals surface area contributed by atoms with Gasteiger partial charge in [-0.1, -0.05) is 6.42 Å². The maximum Gasteiger partial charge on any atom is 0.111 e. The Morgan fingerprint density at radius 1 is 0.963 bits per heavy atom. The SMILES string of the molecule is CC(C)N1CCN(c2ccc3c(c2)nc2n3CCN(C3CCC3)CC2)CC1. The van der Waals surface area contributed by atoms with E-state index in [0.717, 1.165) is 45.2 Å². The summed E-state index contributed by atoms with van der Waals surface area (Å²) in [7, 11) is 0. The predicted octanol–water partition coefficient (Wildman–Crippen LogP) is 2.98. The highest BCUT2D eigenvalue weighted by atomic mass is 15.3. The molecule has 0 amide bonds. The minimum Gasteiger partial charge on any atom is -0.369 e. The molecular weight excluding hydrogens is 334 g/mol. The van der Waals surface area contributed by atoms with Gasteiger partial charge in [0.1, 0.15) is 5.82 Å². The number of anilines is 1. The highest BCUT2D eigenvalue weighted by molar-refractivity contribution is 5.80. The van der Waals surface area contributed by atoms with E-state index in [9.17, 15) is 0 Å². The molecule has 2 aliphatic heterocycles. The second-order valence-electron chi connectivity index (χ2n) is 8.84. The maximum absolute atomic E-state index is 5.05. The average Bonchev–Trinajstić information content (AvgIpc) is 2.86. The minimum absolute atomic E-state index is 0.651. The molecule has 2 fully saturated rings. The Bertz CT molecular complexity index is 798. The van der Waals surface area contributed by atoms with Gasteiger partial charge in [-0.2, -0.15) is 0 Å². The molecule has 0 radical (unpaired) electrons. The molecule has 1 aliphatic carbocycles. The van der Waals surface area contributed by atoms with Crippen molar-refractivity contribution >= 4 is 16.7 Å². The van der Waals surface area contributed by atoms with Gasteiger partial charge in [0.15, 0.2) is 0 Å². The van der Waals surface area contributed by atoms with Gasteiger partial charge in [0.2, 0.25) is 0 Å². The molecule has 0 N–H and O–H groups in total. The van der Waals surface area contributed by atoms with Gasteiger partial charge in [0.05, 0.1) is 11.0 Å². The lowest BCUT2D eigenvalue weighted by atomic mass is 9.91. The third-order valence-electron chi connectivity index (χ3n) is 7.05. The van der Waals surface area contributed by atoms with E-state index in [1.54, 1.807) is 0 Å². The Morgan fingerprint density at radius 2 is 1.78 bits per heavy atom. The third kappa shape index (κ3) is 3.25. The topological polar surface area (TPSA) is 27.5 Å². The van der Waals surface area contributed by atoms with Gasteiger partial charge in [-0.05, 0) is 44.9 Å². The van der Waals surface area contributed by atoms with Crippen molar-refractivity contribution in [3.05, 3.63) is 24.0 Å². The van der Waals surface area contributed by atoms with Crippen LogP contribution in [-0.2, 0) is 13.0 Å². The number of piperazine rings is 1. The van der Waals surface area contributed by atoms with Crippen molar-refractivity contribution in [2.75, 3.05) is 44.2 Å². The van der Waals surface area contributed by atoms with Crippen LogP contribution < -0.4 is 4.90 Å². The summed E-state index contributed by atoms with van der Waals surface area (Å²) < 4.78 is 2.48. The Kier molecular flexibility index (Phi) is 4.60. The Labute approximate surface area is 162 Å². The van der Waals surface area contributed by atoms with Crippen molar-refractivity contribution < 1.29 is 0 Å². The molecule has 2 aromatic rings. The molecular formula is C22H33N5. The van der Waals surface area contributed by atoms with E-state index in [0.29, 0.717) is 6.04 Å². The predicted molar refractivity (Wildman–Crippen MR) is 112 cm³/mol. The summed E-state index contributed by atoms with van der Waals surface area (Å²) in [6.45, 7) is 12.6. The lowest BCUT2D eigenvalue weighted by Crippen LogP contribution is -2.48. The molecule has 5 heteroatoms. The van der Waals surface area contributed by atoms with E-state index >= 15 is 0 Å². The lowest BCUT2D eigenvalue weighted by molar-refractivity contribution is 0.130. The van der Waals surface area contributed by atoms with E-state index in [-0.39, 0.29) is 0 Å². The molecule has 0 bridgehead atoms. The smallest absolute Gasteiger partial charge is 0.111 e. The zero-order valence-corrected chi connectivity index (χ0v) is 16.9. The Balaban J connectivity index is 1.33. The van der Waals surface area contributed by atoms with Crippen molar-refractivity contribution in [2.24, 2.45) is 0 Å². The van der Waals surface area contributed by atoms with Gasteiger partial charge < -0.3 is 9.47 Å². The van der Waals surface area contributed by atoms with Crippen LogP contribution in [0.15, 0.2) is 18.2 Å². The summed E-state index contributed by atoms with van der Waals surface area (Å²) in [5.41, 5.74) is 3.85. The molecule has 0 spiro atoms. The van der Waals surface area contributed by atoms with Crippen molar-refractivity contribution in [1.29, 1.82) is 0 Å². The molecule has 5 rings (SSSR count). The van der Waals surface area contributed by atoms with Crippen LogP contribution in [0.1, 0.15) is 38.9 Å². The van der Waals surface area contributed by atoms with E-state index < -0.39 is 0 Å². The first-order valence-corrected chi connectivity index (χ1v) is 10.9. The van der Waals surface area contributed by atoms with Crippen LogP contribution in [0.5, 0.6) is 0 Å². The molecule has 0 unspecified atom stereocenters. The molecule has 146 valence electrons. The Hall–Kier alpha value is -1.59. The molecule has 1 saturated carbocycles. The fourth-order valence-corrected chi connectivity index (χ4v) is 5.00. The Morgan fingerprint density at radius 3 is 2.48 bits per heavy atom. The monoisotopic (exact) mass is 367 g/mol. The molecule has 3 aliphatic rings. The van der Waals surface area contributed by atoms with Crippen LogP contribution >= 0.6 is 0 Å². The quantitative estimate of drug-likeness (QED) is 0.834. The second-order valence-corrected chi connectivity index (χ2v) is 8.84. The fraction of sp³-hybridized carbons (Fsp3) is 0.682. The van der Waals surface area contributed by atoms with Gasteiger partial charge >= 0.3 is 0 Å². The molecule has 0 atom stereocenters. The largest absolute Gasteiger partial charge is 0.369 e. The van der Waals surface area contributed by atoms with Gasteiger partial charge in [0.25, 0.3) is 0 Å². The average molecular weight is 368 g/mol. The first-order chi connectivity index (χ1) is 13.2. The van der Waals surface area contributed by atoms with E-state index in [2.05, 4.69) is 51.3 Å². The van der Waals surface area contributed by atoms with Crippen molar-refractivity contribution in [3.63, 3.8) is 0 Å². The van der Waals surface area contributed by atoms with Crippen molar-refractivity contribution in [3.8, 4) is 0 Å². The van der Waals surface area contributed by atoms with Gasteiger partial charge in [-0.3, -0.25) is 9.80 Å². The first kappa shape index (κ1) is 17.5. The van der Waals surface area contributed by atoms with Crippen LogP contribution in [0.3, 0.4) is 0 Å². The summed E-state index contributed by atoms with van der Waals surface area (Å²) in [5.74, 6) is 1.29. The van der Waals surface area contributed by atoms with Gasteiger partial charge in [0, 0.05) is 70.0 Å². The fourth-order valence-electron chi connectivity index (χ4n) is 5.00. The first-order valence-electron chi connectivity index (χ1n) is 10.9. The van der Waals surface area contributed by atoms with Crippen LogP contribution in [-0.4, -0.2) is 70.7 Å². The molecule has 1 aromatic carbocycles. The molecule has 3 heterocycles. The molecule has 27 heavy (non-hydrogen) atoms. The number of hydrogen-bond acceptors (Lipinski definition) is 4. The van der Waals surface area contributed by atoms with E-state index in [1.165, 1.54) is 54.9 Å². The summed E-state index contributed by atoms with van der Waals surface area (Å²) in [6, 6.07) is 8.45. The van der Waals surface area contributed by atoms with E-state index in [4.69, 9.17) is 4.98 Å². The van der Waals surface area contributed by atoms with Gasteiger partial charge in [-0.25, -0.2) is 4.98 Å². The number of benzene rings is 1.